The molecule has 0 aliphatic heterocycles. The zero-order valence-electron chi connectivity index (χ0n) is 9.72. The van der Waals surface area contributed by atoms with Gasteiger partial charge in [0, 0.05) is 19.2 Å². The lowest BCUT2D eigenvalue weighted by Gasteiger charge is -2.16. The van der Waals surface area contributed by atoms with Crippen molar-refractivity contribution < 1.29 is 14.7 Å². The molecule has 2 rings (SSSR count). The van der Waals surface area contributed by atoms with E-state index in [2.05, 4.69) is 0 Å². The van der Waals surface area contributed by atoms with Gasteiger partial charge in [-0.05, 0) is 37.0 Å². The molecule has 17 heavy (non-hydrogen) atoms. The lowest BCUT2D eigenvalue weighted by atomic mass is 10.1. The number of benzene rings is 1. The second kappa shape index (κ2) is 4.57. The number of carbonyl (C=O) groups is 2. The Morgan fingerprint density at radius 1 is 1.35 bits per heavy atom. The molecule has 0 aromatic heterocycles. The van der Waals surface area contributed by atoms with Crippen LogP contribution in [0.5, 0.6) is 0 Å². The molecule has 0 atom stereocenters. The van der Waals surface area contributed by atoms with Crippen LogP contribution in [0.3, 0.4) is 0 Å². The van der Waals surface area contributed by atoms with Crippen molar-refractivity contribution in [1.29, 1.82) is 0 Å². The van der Waals surface area contributed by atoms with Crippen molar-refractivity contribution in [3.63, 3.8) is 0 Å². The van der Waals surface area contributed by atoms with Gasteiger partial charge in [0.2, 0.25) is 0 Å². The fourth-order valence-electron chi connectivity index (χ4n) is 1.78. The Kier molecular flexibility index (Phi) is 3.13. The molecule has 1 N–H and O–H groups in total. The molecule has 1 aliphatic rings. The lowest BCUT2D eigenvalue weighted by Crippen LogP contribution is -2.28. The molecule has 90 valence electrons. The summed E-state index contributed by atoms with van der Waals surface area (Å²) in [4.78, 5) is 24.5. The summed E-state index contributed by atoms with van der Waals surface area (Å²) < 4.78 is 0. The second-order valence-corrected chi connectivity index (χ2v) is 4.52. The van der Waals surface area contributed by atoms with Crippen LogP contribution in [0.1, 0.15) is 33.6 Å². The molecule has 0 radical (unpaired) electrons. The number of aromatic carboxylic acids is 1. The highest BCUT2D eigenvalue weighted by atomic mass is 16.4. The van der Waals surface area contributed by atoms with E-state index in [-0.39, 0.29) is 11.5 Å². The Hall–Kier alpha value is -1.84. The maximum absolute atomic E-state index is 12.0. The Labute approximate surface area is 99.9 Å². The summed E-state index contributed by atoms with van der Waals surface area (Å²) in [5.41, 5.74) is 0.587. The van der Waals surface area contributed by atoms with E-state index in [1.165, 1.54) is 25.0 Å². The van der Waals surface area contributed by atoms with Gasteiger partial charge in [-0.3, -0.25) is 4.79 Å². The van der Waals surface area contributed by atoms with Crippen LogP contribution in [0.25, 0.3) is 0 Å². The first-order valence-corrected chi connectivity index (χ1v) is 5.67. The van der Waals surface area contributed by atoms with Crippen molar-refractivity contribution in [3.05, 3.63) is 35.4 Å². The van der Waals surface area contributed by atoms with Crippen molar-refractivity contribution in [2.45, 2.75) is 12.8 Å². The van der Waals surface area contributed by atoms with E-state index in [1.807, 2.05) is 0 Å². The maximum atomic E-state index is 12.0. The van der Waals surface area contributed by atoms with Crippen LogP contribution in [0, 0.1) is 5.92 Å². The van der Waals surface area contributed by atoms with Crippen LogP contribution >= 0.6 is 0 Å². The minimum absolute atomic E-state index is 0.111. The molecule has 1 amide bonds. The van der Waals surface area contributed by atoms with E-state index >= 15 is 0 Å². The van der Waals surface area contributed by atoms with Crippen molar-refractivity contribution in [3.8, 4) is 0 Å². The van der Waals surface area contributed by atoms with Crippen molar-refractivity contribution in [1.82, 2.24) is 4.90 Å². The first-order valence-electron chi connectivity index (χ1n) is 5.67. The summed E-state index contributed by atoms with van der Waals surface area (Å²) in [6, 6.07) is 6.16. The number of rotatable bonds is 4. The number of carboxylic acids is 1. The molecular weight excluding hydrogens is 218 g/mol. The van der Waals surface area contributed by atoms with Crippen LogP contribution in [0.2, 0.25) is 0 Å². The summed E-state index contributed by atoms with van der Waals surface area (Å²) in [6.45, 7) is 0.760. The highest BCUT2D eigenvalue weighted by molar-refractivity contribution is 5.97. The molecule has 0 saturated heterocycles. The summed E-state index contributed by atoms with van der Waals surface area (Å²) in [5.74, 6) is -0.490. The van der Waals surface area contributed by atoms with Crippen molar-refractivity contribution >= 4 is 11.9 Å². The minimum atomic E-state index is -1.01. The first kappa shape index (κ1) is 11.6. The van der Waals surface area contributed by atoms with E-state index in [4.69, 9.17) is 5.11 Å². The van der Waals surface area contributed by atoms with Crippen molar-refractivity contribution in [2.24, 2.45) is 5.92 Å². The van der Waals surface area contributed by atoms with Crippen molar-refractivity contribution in [2.75, 3.05) is 13.6 Å². The molecule has 0 unspecified atom stereocenters. The number of amides is 1. The second-order valence-electron chi connectivity index (χ2n) is 4.52. The molecular formula is C13H15NO3. The number of carboxylic acid groups (broad SMARTS) is 1. The third-order valence-corrected chi connectivity index (χ3v) is 2.93. The number of carbonyl (C=O) groups excluding carboxylic acids is 1. The lowest BCUT2D eigenvalue weighted by molar-refractivity contribution is 0.0697. The Bertz CT molecular complexity index is 452. The van der Waals surface area contributed by atoms with E-state index in [9.17, 15) is 9.59 Å². The predicted octanol–water partition coefficient (Wildman–Crippen LogP) is 1.87. The Morgan fingerprint density at radius 3 is 2.59 bits per heavy atom. The van der Waals surface area contributed by atoms with Crippen LogP contribution in [0.15, 0.2) is 24.3 Å². The van der Waals surface area contributed by atoms with Gasteiger partial charge in [-0.1, -0.05) is 6.07 Å². The smallest absolute Gasteiger partial charge is 0.335 e. The first-order chi connectivity index (χ1) is 8.08. The van der Waals surface area contributed by atoms with Gasteiger partial charge in [0.1, 0.15) is 0 Å². The molecule has 1 aromatic rings. The number of hydrogen-bond donors (Lipinski definition) is 1. The largest absolute Gasteiger partial charge is 0.478 e. The van der Waals surface area contributed by atoms with Crippen LogP contribution < -0.4 is 0 Å². The zero-order chi connectivity index (χ0) is 12.4. The van der Waals surface area contributed by atoms with Gasteiger partial charge in [0.05, 0.1) is 5.56 Å². The standard InChI is InChI=1S/C13H15NO3/c1-14(8-9-5-6-9)12(15)10-3-2-4-11(7-10)13(16)17/h2-4,7,9H,5-6,8H2,1H3,(H,16,17). The Balaban J connectivity index is 2.11. The topological polar surface area (TPSA) is 57.6 Å². The summed E-state index contributed by atoms with van der Waals surface area (Å²) in [7, 11) is 1.76. The SMILES string of the molecule is CN(CC1CC1)C(=O)c1cccc(C(=O)O)c1. The molecule has 1 aromatic carbocycles. The third kappa shape index (κ3) is 2.84. The van der Waals surface area contributed by atoms with E-state index < -0.39 is 5.97 Å². The van der Waals surface area contributed by atoms with E-state index in [0.29, 0.717) is 11.5 Å². The summed E-state index contributed by atoms with van der Waals surface area (Å²) >= 11 is 0. The van der Waals surface area contributed by atoms with Gasteiger partial charge in [-0.25, -0.2) is 4.79 Å². The van der Waals surface area contributed by atoms with Gasteiger partial charge in [-0.15, -0.1) is 0 Å². The molecule has 1 aliphatic carbocycles. The quantitative estimate of drug-likeness (QED) is 0.863. The molecule has 0 spiro atoms. The third-order valence-electron chi connectivity index (χ3n) is 2.93. The monoisotopic (exact) mass is 233 g/mol. The van der Waals surface area contributed by atoms with Gasteiger partial charge >= 0.3 is 5.97 Å². The number of hydrogen-bond acceptors (Lipinski definition) is 2. The molecule has 4 nitrogen and oxygen atoms in total. The molecule has 1 fully saturated rings. The predicted molar refractivity (Wildman–Crippen MR) is 63.1 cm³/mol. The minimum Gasteiger partial charge on any atom is -0.478 e. The highest BCUT2D eigenvalue weighted by Gasteiger charge is 2.25. The summed E-state index contributed by atoms with van der Waals surface area (Å²) in [5, 5.41) is 8.86. The fourth-order valence-corrected chi connectivity index (χ4v) is 1.78. The highest BCUT2D eigenvalue weighted by Crippen LogP contribution is 2.29. The maximum Gasteiger partial charge on any atom is 0.335 e. The normalized spacial score (nSPS) is 14.4. The average Bonchev–Trinajstić information content (AvgIpc) is 3.12. The molecule has 0 heterocycles. The molecule has 1 saturated carbocycles. The number of nitrogens with zero attached hydrogens (tertiary/aromatic N) is 1. The summed E-state index contributed by atoms with van der Waals surface area (Å²) in [6.07, 6.45) is 2.37. The van der Waals surface area contributed by atoms with Crippen LogP contribution in [-0.2, 0) is 0 Å². The van der Waals surface area contributed by atoms with Gasteiger partial charge in [0.15, 0.2) is 0 Å². The average molecular weight is 233 g/mol. The zero-order valence-corrected chi connectivity index (χ0v) is 9.72. The van der Waals surface area contributed by atoms with Gasteiger partial charge in [-0.2, -0.15) is 0 Å². The Morgan fingerprint density at radius 2 is 2.00 bits per heavy atom. The van der Waals surface area contributed by atoms with Gasteiger partial charge in [0.25, 0.3) is 5.91 Å². The molecule has 4 heteroatoms. The van der Waals surface area contributed by atoms with Crippen LogP contribution in [-0.4, -0.2) is 35.5 Å². The van der Waals surface area contributed by atoms with E-state index in [0.717, 1.165) is 6.54 Å². The molecule has 0 bridgehead atoms. The van der Waals surface area contributed by atoms with E-state index in [1.54, 1.807) is 24.1 Å². The van der Waals surface area contributed by atoms with Gasteiger partial charge < -0.3 is 10.0 Å². The van der Waals surface area contributed by atoms with Crippen LogP contribution in [0.4, 0.5) is 0 Å². The fraction of sp³-hybridized carbons (Fsp3) is 0.385.